The summed E-state index contributed by atoms with van der Waals surface area (Å²) in [6, 6.07) is 16.3. The summed E-state index contributed by atoms with van der Waals surface area (Å²) in [6.45, 7) is 9.05. The second kappa shape index (κ2) is 12.9. The molecule has 2 aromatic carbocycles. The van der Waals surface area contributed by atoms with Gasteiger partial charge in [0.25, 0.3) is 5.91 Å². The number of hydrogen-bond donors (Lipinski definition) is 1. The van der Waals surface area contributed by atoms with E-state index in [1.165, 1.54) is 0 Å². The third-order valence-electron chi connectivity index (χ3n) is 7.47. The summed E-state index contributed by atoms with van der Waals surface area (Å²) in [6.07, 6.45) is 5.63. The van der Waals surface area contributed by atoms with Crippen LogP contribution in [0.1, 0.15) is 55.0 Å². The van der Waals surface area contributed by atoms with Gasteiger partial charge in [-0.25, -0.2) is 13.8 Å². The van der Waals surface area contributed by atoms with Crippen LogP contribution < -0.4 is 5.32 Å². The molecular weight excluding hydrogens is 536 g/mol. The fourth-order valence-corrected chi connectivity index (χ4v) is 5.48. The Kier molecular flexibility index (Phi) is 9.09. The smallest absolute Gasteiger partial charge is 0.256 e. The van der Waals surface area contributed by atoms with E-state index in [-0.39, 0.29) is 17.5 Å². The van der Waals surface area contributed by atoms with Gasteiger partial charge in [-0.1, -0.05) is 51.1 Å². The van der Waals surface area contributed by atoms with Gasteiger partial charge in [-0.3, -0.25) is 9.78 Å². The summed E-state index contributed by atoms with van der Waals surface area (Å²) in [5.74, 6) is -0.692. The van der Waals surface area contributed by atoms with E-state index in [0.717, 1.165) is 30.3 Å². The molecule has 5 rings (SSSR count). The zero-order valence-electron chi connectivity index (χ0n) is 24.3. The van der Waals surface area contributed by atoms with E-state index in [0.29, 0.717) is 49.8 Å². The molecule has 0 aliphatic carbocycles. The molecule has 0 bridgehead atoms. The first kappa shape index (κ1) is 29.5. The Morgan fingerprint density at radius 2 is 1.95 bits per heavy atom. The van der Waals surface area contributed by atoms with Crippen LogP contribution in [0.4, 0.5) is 8.78 Å². The first-order valence-corrected chi connectivity index (χ1v) is 14.3. The molecule has 1 aliphatic rings. The number of nitrogens with one attached hydrogen (secondary N) is 1. The molecule has 42 heavy (non-hydrogen) atoms. The van der Waals surface area contributed by atoms with Crippen LogP contribution in [-0.4, -0.2) is 57.7 Å². The van der Waals surface area contributed by atoms with E-state index >= 15 is 0 Å². The average Bonchev–Trinajstić information content (AvgIpc) is 3.39. The van der Waals surface area contributed by atoms with Gasteiger partial charge in [0.15, 0.2) is 0 Å². The van der Waals surface area contributed by atoms with E-state index in [4.69, 9.17) is 9.72 Å². The Morgan fingerprint density at radius 1 is 1.14 bits per heavy atom. The van der Waals surface area contributed by atoms with Crippen molar-refractivity contribution in [2.45, 2.75) is 45.8 Å². The lowest BCUT2D eigenvalue weighted by Crippen LogP contribution is -2.47. The van der Waals surface area contributed by atoms with Crippen LogP contribution in [0.5, 0.6) is 0 Å². The SMILES string of the molecule is CC(C)(C)[C@H](c1nc(-c2cc(F)ccc2F)cn1Cc1ccccc1)N(CC[C@H]1COCCN1)C(=O)c1cccnc1. The number of halogens is 2. The number of benzene rings is 2. The molecule has 1 aliphatic heterocycles. The minimum absolute atomic E-state index is 0.0735. The fraction of sp³-hybridized carbons (Fsp3) is 0.364. The van der Waals surface area contributed by atoms with Crippen molar-refractivity contribution < 1.29 is 18.3 Å². The lowest BCUT2D eigenvalue weighted by atomic mass is 9.84. The van der Waals surface area contributed by atoms with Gasteiger partial charge in [-0.05, 0) is 47.7 Å². The van der Waals surface area contributed by atoms with Crippen molar-refractivity contribution in [1.29, 1.82) is 0 Å². The highest BCUT2D eigenvalue weighted by atomic mass is 19.1. The van der Waals surface area contributed by atoms with Gasteiger partial charge in [0.2, 0.25) is 0 Å². The lowest BCUT2D eigenvalue weighted by Gasteiger charge is -2.41. The quantitative estimate of drug-likeness (QED) is 0.271. The van der Waals surface area contributed by atoms with Gasteiger partial charge in [-0.2, -0.15) is 0 Å². The maximum absolute atomic E-state index is 15.0. The zero-order chi connectivity index (χ0) is 29.7. The molecule has 1 N–H and O–H groups in total. The van der Waals surface area contributed by atoms with E-state index < -0.39 is 23.1 Å². The van der Waals surface area contributed by atoms with Crippen LogP contribution in [-0.2, 0) is 11.3 Å². The summed E-state index contributed by atoms with van der Waals surface area (Å²) < 4.78 is 36.9. The number of ether oxygens (including phenoxy) is 1. The summed E-state index contributed by atoms with van der Waals surface area (Å²) in [5, 5.41) is 3.48. The van der Waals surface area contributed by atoms with Gasteiger partial charge in [0.05, 0.1) is 30.5 Å². The Morgan fingerprint density at radius 3 is 2.64 bits per heavy atom. The normalized spacial score (nSPS) is 16.3. The number of amides is 1. The number of carbonyl (C=O) groups is 1. The molecule has 0 saturated carbocycles. The number of morpholine rings is 1. The van der Waals surface area contributed by atoms with Crippen LogP contribution in [0.15, 0.2) is 79.3 Å². The second-order valence-corrected chi connectivity index (χ2v) is 11.7. The van der Waals surface area contributed by atoms with E-state index in [9.17, 15) is 13.6 Å². The third kappa shape index (κ3) is 6.91. The maximum Gasteiger partial charge on any atom is 0.256 e. The van der Waals surface area contributed by atoms with Crippen LogP contribution >= 0.6 is 0 Å². The highest BCUT2D eigenvalue weighted by Crippen LogP contribution is 2.40. The van der Waals surface area contributed by atoms with E-state index in [2.05, 4.69) is 31.1 Å². The Bertz CT molecular complexity index is 1480. The number of imidazole rings is 1. The van der Waals surface area contributed by atoms with Crippen LogP contribution in [0.25, 0.3) is 11.3 Å². The Hall–Kier alpha value is -3.95. The monoisotopic (exact) mass is 573 g/mol. The van der Waals surface area contributed by atoms with Crippen LogP contribution in [0.3, 0.4) is 0 Å². The number of pyridine rings is 1. The molecule has 1 fully saturated rings. The van der Waals surface area contributed by atoms with Gasteiger partial charge < -0.3 is 19.5 Å². The predicted molar refractivity (Wildman–Crippen MR) is 158 cm³/mol. The molecule has 4 aromatic rings. The highest BCUT2D eigenvalue weighted by Gasteiger charge is 2.39. The number of carbonyl (C=O) groups excluding carboxylic acids is 1. The fourth-order valence-electron chi connectivity index (χ4n) is 5.48. The predicted octanol–water partition coefficient (Wildman–Crippen LogP) is 5.88. The number of rotatable bonds is 9. The maximum atomic E-state index is 15.0. The standard InChI is InChI=1S/C33H37F2N5O2/c1-33(2,3)30(40(16-13-26-22-42-17-15-37-26)32(41)24-10-7-14-36-19-24)31-38-29(27-18-25(34)11-12-28(27)35)21-39(31)20-23-8-5-4-6-9-23/h4-12,14,18-19,21,26,30,37H,13,15-17,20,22H2,1-3H3/t26-,30-/m0/s1. The largest absolute Gasteiger partial charge is 0.379 e. The number of nitrogens with zero attached hydrogens (tertiary/aromatic N) is 4. The molecule has 0 spiro atoms. The summed E-state index contributed by atoms with van der Waals surface area (Å²) in [7, 11) is 0. The van der Waals surface area contributed by atoms with Gasteiger partial charge >= 0.3 is 0 Å². The van der Waals surface area contributed by atoms with Gasteiger partial charge in [0.1, 0.15) is 17.5 Å². The van der Waals surface area contributed by atoms with Crippen molar-refractivity contribution in [1.82, 2.24) is 24.8 Å². The molecule has 2 aromatic heterocycles. The Balaban J connectivity index is 1.63. The minimum atomic E-state index is -0.564. The van der Waals surface area contributed by atoms with Crippen LogP contribution in [0.2, 0.25) is 0 Å². The van der Waals surface area contributed by atoms with Gasteiger partial charge in [0, 0.05) is 49.8 Å². The highest BCUT2D eigenvalue weighted by molar-refractivity contribution is 5.94. The molecule has 9 heteroatoms. The molecule has 0 radical (unpaired) electrons. The molecule has 0 unspecified atom stereocenters. The van der Waals surface area contributed by atoms with Crippen molar-refractivity contribution in [2.24, 2.45) is 5.41 Å². The molecule has 7 nitrogen and oxygen atoms in total. The third-order valence-corrected chi connectivity index (χ3v) is 7.47. The Labute approximate surface area is 245 Å². The first-order chi connectivity index (χ1) is 20.2. The van der Waals surface area contributed by atoms with Gasteiger partial charge in [-0.15, -0.1) is 0 Å². The summed E-state index contributed by atoms with van der Waals surface area (Å²) in [4.78, 5) is 25.2. The second-order valence-electron chi connectivity index (χ2n) is 11.7. The topological polar surface area (TPSA) is 72.3 Å². The molecular formula is C33H37F2N5O2. The molecule has 1 saturated heterocycles. The van der Waals surface area contributed by atoms with Crippen molar-refractivity contribution in [3.8, 4) is 11.3 Å². The molecule has 3 heterocycles. The summed E-state index contributed by atoms with van der Waals surface area (Å²) in [5.41, 5.74) is 1.39. The lowest BCUT2D eigenvalue weighted by molar-refractivity contribution is 0.0395. The summed E-state index contributed by atoms with van der Waals surface area (Å²) >= 11 is 0. The minimum Gasteiger partial charge on any atom is -0.379 e. The van der Waals surface area contributed by atoms with Crippen molar-refractivity contribution in [2.75, 3.05) is 26.3 Å². The molecule has 2 atom stereocenters. The molecule has 1 amide bonds. The number of aromatic nitrogens is 3. The first-order valence-electron chi connectivity index (χ1n) is 14.3. The number of hydrogen-bond acceptors (Lipinski definition) is 5. The van der Waals surface area contributed by atoms with Crippen molar-refractivity contribution in [3.63, 3.8) is 0 Å². The molecule has 220 valence electrons. The van der Waals surface area contributed by atoms with Crippen molar-refractivity contribution in [3.05, 3.63) is 108 Å². The van der Waals surface area contributed by atoms with E-state index in [1.807, 2.05) is 39.8 Å². The van der Waals surface area contributed by atoms with Crippen LogP contribution in [0, 0.1) is 17.0 Å². The average molecular weight is 574 g/mol. The zero-order valence-corrected chi connectivity index (χ0v) is 24.3. The van der Waals surface area contributed by atoms with Crippen molar-refractivity contribution >= 4 is 5.91 Å². The van der Waals surface area contributed by atoms with E-state index in [1.54, 1.807) is 30.7 Å².